The predicted molar refractivity (Wildman–Crippen MR) is 40.0 cm³/mol. The van der Waals surface area contributed by atoms with Crippen LogP contribution in [-0.2, 0) is 0 Å². The van der Waals surface area contributed by atoms with Gasteiger partial charge >= 0.3 is 0 Å². The quantitative estimate of drug-likeness (QED) is 0.631. The number of hydrogen-bond donors (Lipinski definition) is 2. The summed E-state index contributed by atoms with van der Waals surface area (Å²) in [6, 6.07) is 3.47. The van der Waals surface area contributed by atoms with Crippen molar-refractivity contribution in [1.29, 1.82) is 0 Å². The highest BCUT2D eigenvalue weighted by molar-refractivity contribution is 6.67. The summed E-state index contributed by atoms with van der Waals surface area (Å²) in [6.45, 7) is 0. The Hall–Kier alpha value is -1.22. The first-order valence-electron chi connectivity index (χ1n) is 2.82. The second-order valence-electron chi connectivity index (χ2n) is 2.01. The number of phenols is 2. The minimum absolute atomic E-state index is 0.0733. The molecular formula is C7H5ClO3. The van der Waals surface area contributed by atoms with Gasteiger partial charge in [-0.05, 0) is 23.7 Å². The lowest BCUT2D eigenvalue weighted by molar-refractivity contribution is 0.108. The molecule has 4 heteroatoms. The number of rotatable bonds is 1. The first-order valence-corrected chi connectivity index (χ1v) is 3.20. The zero-order valence-corrected chi connectivity index (χ0v) is 6.17. The second-order valence-corrected chi connectivity index (χ2v) is 2.36. The van der Waals surface area contributed by atoms with Gasteiger partial charge in [0.2, 0.25) is 0 Å². The van der Waals surface area contributed by atoms with Crippen molar-refractivity contribution in [2.75, 3.05) is 0 Å². The minimum Gasteiger partial charge on any atom is -0.508 e. The number of phenolic OH excluding ortho intramolecular Hbond substituents is 2. The highest BCUT2D eigenvalue weighted by Gasteiger charge is 2.04. The van der Waals surface area contributed by atoms with Crippen LogP contribution in [0.15, 0.2) is 18.2 Å². The van der Waals surface area contributed by atoms with Crippen LogP contribution in [0, 0.1) is 0 Å². The van der Waals surface area contributed by atoms with Crippen LogP contribution < -0.4 is 0 Å². The highest BCUT2D eigenvalue weighted by Crippen LogP contribution is 2.21. The number of benzene rings is 1. The van der Waals surface area contributed by atoms with E-state index in [1.807, 2.05) is 0 Å². The molecule has 1 aromatic carbocycles. The molecule has 0 aliphatic rings. The molecule has 0 bridgehead atoms. The lowest BCUT2D eigenvalue weighted by Crippen LogP contribution is -1.86. The molecule has 0 aliphatic heterocycles. The van der Waals surface area contributed by atoms with Gasteiger partial charge in [0.1, 0.15) is 11.5 Å². The van der Waals surface area contributed by atoms with Crippen molar-refractivity contribution in [3.8, 4) is 11.5 Å². The largest absolute Gasteiger partial charge is 0.508 e. The zero-order chi connectivity index (χ0) is 8.43. The van der Waals surface area contributed by atoms with Crippen LogP contribution in [0.4, 0.5) is 0 Å². The van der Waals surface area contributed by atoms with Gasteiger partial charge in [0, 0.05) is 11.6 Å². The maximum absolute atomic E-state index is 10.5. The fourth-order valence-corrected chi connectivity index (χ4v) is 0.818. The van der Waals surface area contributed by atoms with Crippen LogP contribution in [0.2, 0.25) is 0 Å². The summed E-state index contributed by atoms with van der Waals surface area (Å²) >= 11 is 5.09. The van der Waals surface area contributed by atoms with Crippen LogP contribution in [0.25, 0.3) is 0 Å². The van der Waals surface area contributed by atoms with E-state index < -0.39 is 5.24 Å². The Bertz CT molecular complexity index is 275. The fraction of sp³-hybridized carbons (Fsp3) is 0. The first-order chi connectivity index (χ1) is 5.09. The predicted octanol–water partition coefficient (Wildman–Crippen LogP) is 1.48. The lowest BCUT2D eigenvalue weighted by atomic mass is 10.2. The Morgan fingerprint density at radius 2 is 1.64 bits per heavy atom. The summed E-state index contributed by atoms with van der Waals surface area (Å²) < 4.78 is 0. The standard InChI is InChI=1S/C7H5ClO3/c8-7(11)4-1-5(9)3-6(10)2-4/h1-3,9-10H. The minimum atomic E-state index is -0.712. The molecule has 0 aliphatic carbocycles. The highest BCUT2D eigenvalue weighted by atomic mass is 35.5. The Morgan fingerprint density at radius 3 is 2.00 bits per heavy atom. The Kier molecular flexibility index (Phi) is 2.01. The van der Waals surface area contributed by atoms with Gasteiger partial charge in [0.15, 0.2) is 0 Å². The van der Waals surface area contributed by atoms with Gasteiger partial charge in [-0.3, -0.25) is 4.79 Å². The van der Waals surface area contributed by atoms with Crippen LogP contribution >= 0.6 is 11.6 Å². The molecule has 11 heavy (non-hydrogen) atoms. The summed E-state index contributed by atoms with van der Waals surface area (Å²) in [4.78, 5) is 10.5. The normalized spacial score (nSPS) is 9.55. The maximum Gasteiger partial charge on any atom is 0.252 e. The van der Waals surface area contributed by atoms with E-state index in [1.165, 1.54) is 12.1 Å². The van der Waals surface area contributed by atoms with Crippen molar-refractivity contribution >= 4 is 16.8 Å². The number of aromatic hydroxyl groups is 2. The summed E-state index contributed by atoms with van der Waals surface area (Å²) in [5, 5.41) is 17.0. The monoisotopic (exact) mass is 172 g/mol. The van der Waals surface area contributed by atoms with Crippen LogP contribution in [0.5, 0.6) is 11.5 Å². The Morgan fingerprint density at radius 1 is 1.18 bits per heavy atom. The smallest absolute Gasteiger partial charge is 0.252 e. The Labute approximate surface area is 67.8 Å². The van der Waals surface area contributed by atoms with E-state index in [0.29, 0.717) is 0 Å². The van der Waals surface area contributed by atoms with Crippen LogP contribution in [0.1, 0.15) is 10.4 Å². The summed E-state index contributed by atoms with van der Waals surface area (Å²) in [7, 11) is 0. The van der Waals surface area contributed by atoms with Crippen LogP contribution in [0.3, 0.4) is 0 Å². The van der Waals surface area contributed by atoms with Gasteiger partial charge in [0.05, 0.1) is 0 Å². The van der Waals surface area contributed by atoms with Crippen molar-refractivity contribution in [1.82, 2.24) is 0 Å². The van der Waals surface area contributed by atoms with Gasteiger partial charge in [-0.15, -0.1) is 0 Å². The fourth-order valence-electron chi connectivity index (χ4n) is 0.709. The van der Waals surface area contributed by atoms with Gasteiger partial charge in [-0.25, -0.2) is 0 Å². The zero-order valence-electron chi connectivity index (χ0n) is 5.41. The van der Waals surface area contributed by atoms with Gasteiger partial charge in [0.25, 0.3) is 5.24 Å². The number of carbonyl (C=O) groups is 1. The number of halogens is 1. The van der Waals surface area contributed by atoms with E-state index in [-0.39, 0.29) is 17.1 Å². The van der Waals surface area contributed by atoms with E-state index >= 15 is 0 Å². The van der Waals surface area contributed by atoms with Crippen molar-refractivity contribution in [3.63, 3.8) is 0 Å². The lowest BCUT2D eigenvalue weighted by Gasteiger charge is -1.96. The van der Waals surface area contributed by atoms with E-state index in [9.17, 15) is 4.79 Å². The number of carbonyl (C=O) groups excluding carboxylic acids is 1. The third-order valence-electron chi connectivity index (χ3n) is 1.13. The molecule has 0 unspecified atom stereocenters. The average Bonchev–Trinajstić information content (AvgIpc) is 1.85. The van der Waals surface area contributed by atoms with Crippen molar-refractivity contribution in [2.24, 2.45) is 0 Å². The molecule has 1 rings (SSSR count). The van der Waals surface area contributed by atoms with Crippen molar-refractivity contribution in [3.05, 3.63) is 23.8 Å². The molecular weight excluding hydrogens is 168 g/mol. The second kappa shape index (κ2) is 2.80. The molecule has 0 amide bonds. The van der Waals surface area contributed by atoms with E-state index in [4.69, 9.17) is 21.8 Å². The third kappa shape index (κ3) is 1.85. The average molecular weight is 173 g/mol. The molecule has 1 aromatic rings. The molecule has 0 fully saturated rings. The van der Waals surface area contributed by atoms with Gasteiger partial charge in [-0.1, -0.05) is 0 Å². The van der Waals surface area contributed by atoms with Crippen molar-refractivity contribution in [2.45, 2.75) is 0 Å². The van der Waals surface area contributed by atoms with Crippen molar-refractivity contribution < 1.29 is 15.0 Å². The van der Waals surface area contributed by atoms with E-state index in [0.717, 1.165) is 6.07 Å². The SMILES string of the molecule is O=C(Cl)c1cc(O)cc(O)c1. The molecule has 0 spiro atoms. The third-order valence-corrected chi connectivity index (χ3v) is 1.35. The molecule has 0 aromatic heterocycles. The summed E-state index contributed by atoms with van der Waals surface area (Å²) in [5.41, 5.74) is 0.0733. The first kappa shape index (κ1) is 7.88. The van der Waals surface area contributed by atoms with Gasteiger partial charge in [-0.2, -0.15) is 0 Å². The van der Waals surface area contributed by atoms with Crippen LogP contribution in [-0.4, -0.2) is 15.5 Å². The number of hydrogen-bond acceptors (Lipinski definition) is 3. The molecule has 0 saturated carbocycles. The molecule has 0 heterocycles. The van der Waals surface area contributed by atoms with E-state index in [1.54, 1.807) is 0 Å². The summed E-state index contributed by atoms with van der Waals surface area (Å²) in [6.07, 6.45) is 0. The van der Waals surface area contributed by atoms with E-state index in [2.05, 4.69) is 0 Å². The maximum atomic E-state index is 10.5. The molecule has 0 atom stereocenters. The molecule has 0 saturated heterocycles. The van der Waals surface area contributed by atoms with Gasteiger partial charge < -0.3 is 10.2 Å². The molecule has 2 N–H and O–H groups in total. The topological polar surface area (TPSA) is 57.5 Å². The molecule has 0 radical (unpaired) electrons. The summed E-state index contributed by atoms with van der Waals surface area (Å²) in [5.74, 6) is -0.372. The molecule has 3 nitrogen and oxygen atoms in total. The Balaban J connectivity index is 3.19. The molecule has 58 valence electrons.